The molecule has 3 heterocycles. The zero-order valence-electron chi connectivity index (χ0n) is 26.6. The van der Waals surface area contributed by atoms with E-state index in [4.69, 9.17) is 4.74 Å². The fourth-order valence-electron chi connectivity index (χ4n) is 5.91. The molecule has 44 heavy (non-hydrogen) atoms. The second-order valence-electron chi connectivity index (χ2n) is 12.8. The highest BCUT2D eigenvalue weighted by molar-refractivity contribution is 8.32. The van der Waals surface area contributed by atoms with E-state index in [-0.39, 0.29) is 11.7 Å². The van der Waals surface area contributed by atoms with E-state index in [1.165, 1.54) is 10.9 Å². The van der Waals surface area contributed by atoms with Crippen LogP contribution in [0, 0.1) is 30.6 Å². The lowest BCUT2D eigenvalue weighted by molar-refractivity contribution is -0.119. The number of carbonyl (C=O) groups excluding carboxylic acids is 2. The van der Waals surface area contributed by atoms with Crippen molar-refractivity contribution in [1.29, 1.82) is 0 Å². The zero-order valence-corrected chi connectivity index (χ0v) is 27.4. The molecule has 2 aliphatic rings. The number of pyridine rings is 1. The highest BCUT2D eigenvalue weighted by Gasteiger charge is 2.48. The van der Waals surface area contributed by atoms with Gasteiger partial charge in [0.2, 0.25) is 11.9 Å². The Bertz CT molecular complexity index is 1480. The van der Waals surface area contributed by atoms with Crippen LogP contribution in [0.5, 0.6) is 0 Å². The molecule has 0 radical (unpaired) electrons. The Balaban J connectivity index is 1.33. The van der Waals surface area contributed by atoms with Crippen molar-refractivity contribution in [2.45, 2.75) is 72.2 Å². The number of aryl methyl sites for hydroxylation is 2. The van der Waals surface area contributed by atoms with Crippen LogP contribution in [0.15, 0.2) is 18.3 Å². The summed E-state index contributed by atoms with van der Waals surface area (Å²) < 4.78 is 24.8. The highest BCUT2D eigenvalue weighted by atomic mass is 32.3. The first-order valence-corrected chi connectivity index (χ1v) is 18.5. The van der Waals surface area contributed by atoms with Gasteiger partial charge < -0.3 is 15.4 Å². The number of carbonyl (C=O) groups is 2. The van der Waals surface area contributed by atoms with Gasteiger partial charge in [-0.3, -0.25) is 9.59 Å². The average Bonchev–Trinajstić information content (AvgIpc) is 3.91. The van der Waals surface area contributed by atoms with E-state index in [0.717, 1.165) is 37.1 Å². The molecule has 0 bridgehead atoms. The SMILES string of the molecule is CCc1c(-c2ccc(NC(=O)C(NC(=O)c3cnnn3CC)C(C3CC3)C3CC3)nc2F)c(C)nn1COCCS(C)(C)C. The first-order chi connectivity index (χ1) is 21.0. The lowest BCUT2D eigenvalue weighted by atomic mass is 9.88. The maximum Gasteiger partial charge on any atom is 0.271 e. The number of nitrogens with one attached hydrogen (secondary N) is 2. The predicted molar refractivity (Wildman–Crippen MR) is 170 cm³/mol. The van der Waals surface area contributed by atoms with Gasteiger partial charge in [-0.1, -0.05) is 12.1 Å². The molecule has 2 N–H and O–H groups in total. The molecule has 0 aromatic carbocycles. The Hall–Kier alpha value is -3.32. The van der Waals surface area contributed by atoms with Gasteiger partial charge in [0.1, 0.15) is 24.3 Å². The summed E-state index contributed by atoms with van der Waals surface area (Å²) >= 11 is 0. The topological polar surface area (TPSA) is 129 Å². The molecule has 1 unspecified atom stereocenters. The Morgan fingerprint density at radius 2 is 1.82 bits per heavy atom. The zero-order chi connectivity index (χ0) is 31.6. The lowest BCUT2D eigenvalue weighted by Crippen LogP contribution is -2.50. The van der Waals surface area contributed by atoms with Crippen molar-refractivity contribution < 1.29 is 18.7 Å². The fraction of sp³-hybridized carbons (Fsp3) is 0.613. The van der Waals surface area contributed by atoms with E-state index in [2.05, 4.69) is 49.8 Å². The Morgan fingerprint density at radius 1 is 1.11 bits per heavy atom. The summed E-state index contributed by atoms with van der Waals surface area (Å²) in [7, 11) is -0.660. The normalized spacial score (nSPS) is 16.3. The molecule has 0 aliphatic heterocycles. The van der Waals surface area contributed by atoms with Gasteiger partial charge in [-0.25, -0.2) is 24.4 Å². The largest absolute Gasteiger partial charge is 0.358 e. The summed E-state index contributed by atoms with van der Waals surface area (Å²) in [6, 6.07) is 2.46. The van der Waals surface area contributed by atoms with Crippen LogP contribution in [-0.2, 0) is 29.2 Å². The van der Waals surface area contributed by atoms with Crippen molar-refractivity contribution in [2.75, 3.05) is 36.4 Å². The van der Waals surface area contributed by atoms with E-state index in [1.807, 2.05) is 20.8 Å². The molecule has 0 saturated heterocycles. The molecule has 2 fully saturated rings. The number of ether oxygens (including phenoxy) is 1. The second-order valence-corrected chi connectivity index (χ2v) is 17.3. The molecule has 3 aromatic rings. The summed E-state index contributed by atoms with van der Waals surface area (Å²) in [6.07, 6.45) is 12.9. The molecule has 3 aromatic heterocycles. The van der Waals surface area contributed by atoms with Crippen LogP contribution in [-0.4, -0.2) is 78.7 Å². The molecule has 5 rings (SSSR count). The number of aromatic nitrogens is 6. The van der Waals surface area contributed by atoms with Gasteiger partial charge >= 0.3 is 0 Å². The quantitative estimate of drug-likeness (QED) is 0.189. The van der Waals surface area contributed by atoms with Gasteiger partial charge in [-0.15, -0.1) is 5.10 Å². The van der Waals surface area contributed by atoms with Crippen molar-refractivity contribution >= 4 is 27.7 Å². The summed E-state index contributed by atoms with van der Waals surface area (Å²) in [5.74, 6) is 0.373. The average molecular weight is 629 g/mol. The van der Waals surface area contributed by atoms with Crippen LogP contribution >= 0.6 is 10.0 Å². The van der Waals surface area contributed by atoms with Gasteiger partial charge in [-0.2, -0.15) is 9.49 Å². The van der Waals surface area contributed by atoms with E-state index in [1.54, 1.807) is 16.8 Å². The van der Waals surface area contributed by atoms with Crippen molar-refractivity contribution in [1.82, 2.24) is 35.1 Å². The fourth-order valence-corrected chi connectivity index (χ4v) is 6.53. The molecular formula is C31H45FN8O3S. The van der Waals surface area contributed by atoms with Crippen molar-refractivity contribution in [3.63, 3.8) is 0 Å². The highest BCUT2D eigenvalue weighted by Crippen LogP contribution is 2.51. The first kappa shape index (κ1) is 32.1. The van der Waals surface area contributed by atoms with Crippen LogP contribution in [0.25, 0.3) is 11.1 Å². The number of nitrogens with zero attached hydrogens (tertiary/aromatic N) is 6. The standard InChI is InChI=1S/C31H45FN8O3S/c1-7-23-26(19(3)37-40(23)18-43-15-16-44(4,5)6)22-13-14-25(34-29(22)32)35-31(42)28(27(20-9-10-20)21-11-12-21)36-30(41)24-17-33-38-39(24)8-2/h13-14,17,20-21,27-28H,7-12,15-16,18H2,1-6H3,(H,36,41)(H,34,35,42). The minimum atomic E-state index is -0.778. The van der Waals surface area contributed by atoms with Crippen LogP contribution in [0.2, 0.25) is 0 Å². The summed E-state index contributed by atoms with van der Waals surface area (Å²) in [6.45, 7) is 7.15. The monoisotopic (exact) mass is 628 g/mol. The lowest BCUT2D eigenvalue weighted by Gasteiger charge is -2.27. The first-order valence-electron chi connectivity index (χ1n) is 15.5. The third-order valence-electron chi connectivity index (χ3n) is 8.43. The van der Waals surface area contributed by atoms with Crippen LogP contribution in [0.3, 0.4) is 0 Å². The molecular weight excluding hydrogens is 583 g/mol. The third kappa shape index (κ3) is 7.48. The Kier molecular flexibility index (Phi) is 9.74. The molecule has 2 amide bonds. The predicted octanol–water partition coefficient (Wildman–Crippen LogP) is 4.41. The van der Waals surface area contributed by atoms with E-state index in [9.17, 15) is 9.59 Å². The molecule has 13 heteroatoms. The number of halogens is 1. The van der Waals surface area contributed by atoms with Gasteiger partial charge in [0.15, 0.2) is 0 Å². The smallest absolute Gasteiger partial charge is 0.271 e. The van der Waals surface area contributed by atoms with Crippen molar-refractivity contribution in [3.05, 3.63) is 41.4 Å². The van der Waals surface area contributed by atoms with Crippen LogP contribution in [0.1, 0.15) is 61.4 Å². The van der Waals surface area contributed by atoms with Gasteiger partial charge in [0, 0.05) is 29.1 Å². The Morgan fingerprint density at radius 3 is 2.41 bits per heavy atom. The molecule has 240 valence electrons. The molecule has 1 atom stereocenters. The van der Waals surface area contributed by atoms with Gasteiger partial charge in [0.05, 0.1) is 18.5 Å². The number of rotatable bonds is 15. The molecule has 0 spiro atoms. The van der Waals surface area contributed by atoms with Gasteiger partial charge in [0.25, 0.3) is 5.91 Å². The van der Waals surface area contributed by atoms with Crippen LogP contribution < -0.4 is 10.6 Å². The maximum atomic E-state index is 15.6. The molecule has 11 nitrogen and oxygen atoms in total. The van der Waals surface area contributed by atoms with Crippen molar-refractivity contribution in [3.8, 4) is 11.1 Å². The third-order valence-corrected chi connectivity index (χ3v) is 9.82. The van der Waals surface area contributed by atoms with E-state index < -0.39 is 33.8 Å². The second kappa shape index (κ2) is 13.4. The molecule has 2 aliphatic carbocycles. The summed E-state index contributed by atoms with van der Waals surface area (Å²) in [5, 5.41) is 18.2. The van der Waals surface area contributed by atoms with Crippen molar-refractivity contribution in [2.24, 2.45) is 17.8 Å². The summed E-state index contributed by atoms with van der Waals surface area (Å²) in [5.41, 5.74) is 2.86. The van der Waals surface area contributed by atoms with Gasteiger partial charge in [-0.05, 0) is 94.6 Å². The molecule has 2 saturated carbocycles. The maximum absolute atomic E-state index is 15.6. The van der Waals surface area contributed by atoms with E-state index >= 15 is 4.39 Å². The number of amides is 2. The number of hydrogen-bond donors (Lipinski definition) is 2. The number of anilines is 1. The van der Waals surface area contributed by atoms with E-state index in [0.29, 0.717) is 60.7 Å². The minimum Gasteiger partial charge on any atom is -0.358 e. The van der Waals surface area contributed by atoms with Crippen LogP contribution in [0.4, 0.5) is 10.2 Å². The number of hydrogen-bond acceptors (Lipinski definition) is 7. The minimum absolute atomic E-state index is 0.0154. The Labute approximate surface area is 260 Å². The summed E-state index contributed by atoms with van der Waals surface area (Å²) in [4.78, 5) is 31.1.